The molecular formula is C27H28ClN5OS. The number of fused-ring (bicyclic) bond motifs is 1. The molecule has 1 spiro atoms. The summed E-state index contributed by atoms with van der Waals surface area (Å²) in [5, 5.41) is 1.46. The molecular weight excluding hydrogens is 478 g/mol. The largest absolute Gasteiger partial charge is 0.378 e. The van der Waals surface area contributed by atoms with Crippen LogP contribution in [0.3, 0.4) is 0 Å². The van der Waals surface area contributed by atoms with Gasteiger partial charge in [0.15, 0.2) is 0 Å². The number of ether oxygens (including phenoxy) is 1. The molecule has 1 atom stereocenters. The van der Waals surface area contributed by atoms with Crippen molar-refractivity contribution in [3.8, 4) is 0 Å². The number of hydrogen-bond donors (Lipinski definition) is 1. The van der Waals surface area contributed by atoms with Gasteiger partial charge in [0.25, 0.3) is 0 Å². The van der Waals surface area contributed by atoms with Gasteiger partial charge in [-0.2, -0.15) is 0 Å². The second-order valence-corrected chi connectivity index (χ2v) is 11.2. The topological polar surface area (TPSA) is 66.9 Å². The lowest BCUT2D eigenvalue weighted by Crippen LogP contribution is -2.41. The standard InChI is InChI=1S/C27H28ClN5OS/c1-18-14-27(17-34-18)9-11-33(12-10-27)23-15-30-24(16-29-23)35-21-8-7-20-26(25(21)28)32-22(31-20)13-19-5-3-2-4-6-19/h2-8,15-16,18H,9-14,17H2,1H3,(H,31,32)/t18-/m0/s1. The van der Waals surface area contributed by atoms with E-state index in [0.717, 1.165) is 71.6 Å². The van der Waals surface area contributed by atoms with Crippen molar-refractivity contribution in [1.82, 2.24) is 19.9 Å². The molecule has 6 rings (SSSR count). The molecule has 0 amide bonds. The molecule has 2 saturated heterocycles. The summed E-state index contributed by atoms with van der Waals surface area (Å²) in [5.41, 5.74) is 3.31. The highest BCUT2D eigenvalue weighted by Crippen LogP contribution is 2.42. The summed E-state index contributed by atoms with van der Waals surface area (Å²) in [6.07, 6.45) is 8.34. The maximum absolute atomic E-state index is 6.76. The fourth-order valence-electron chi connectivity index (χ4n) is 5.27. The van der Waals surface area contributed by atoms with E-state index >= 15 is 0 Å². The Morgan fingerprint density at radius 1 is 1.11 bits per heavy atom. The molecule has 0 saturated carbocycles. The van der Waals surface area contributed by atoms with Crippen molar-refractivity contribution in [2.45, 2.75) is 48.6 Å². The third-order valence-electron chi connectivity index (χ3n) is 7.19. The Morgan fingerprint density at radius 2 is 1.94 bits per heavy atom. The van der Waals surface area contributed by atoms with Gasteiger partial charge in [0.05, 0.1) is 35.6 Å². The van der Waals surface area contributed by atoms with Crippen LogP contribution in [0, 0.1) is 5.41 Å². The lowest BCUT2D eigenvalue weighted by molar-refractivity contribution is 0.0976. The Morgan fingerprint density at radius 3 is 2.66 bits per heavy atom. The number of nitrogens with zero attached hydrogens (tertiary/aromatic N) is 4. The van der Waals surface area contributed by atoms with Gasteiger partial charge in [0.1, 0.15) is 22.2 Å². The molecule has 0 radical (unpaired) electrons. The molecule has 6 nitrogen and oxygen atoms in total. The second kappa shape index (κ2) is 9.45. The van der Waals surface area contributed by atoms with Crippen molar-refractivity contribution >= 4 is 40.2 Å². The number of benzene rings is 2. The third kappa shape index (κ3) is 4.77. The van der Waals surface area contributed by atoms with Gasteiger partial charge in [-0.15, -0.1) is 0 Å². The van der Waals surface area contributed by atoms with E-state index in [2.05, 4.69) is 33.9 Å². The predicted octanol–water partition coefficient (Wildman–Crippen LogP) is 6.14. The number of H-pyrrole nitrogens is 1. The first-order chi connectivity index (χ1) is 17.1. The van der Waals surface area contributed by atoms with Crippen LogP contribution in [-0.2, 0) is 11.2 Å². The van der Waals surface area contributed by atoms with Crippen LogP contribution < -0.4 is 4.90 Å². The van der Waals surface area contributed by atoms with Crippen molar-refractivity contribution in [2.75, 3.05) is 24.6 Å². The predicted molar refractivity (Wildman–Crippen MR) is 140 cm³/mol. The van der Waals surface area contributed by atoms with Crippen LogP contribution in [-0.4, -0.2) is 45.7 Å². The zero-order chi connectivity index (χ0) is 23.8. The van der Waals surface area contributed by atoms with E-state index in [1.807, 2.05) is 42.7 Å². The first kappa shape index (κ1) is 22.8. The molecule has 0 aliphatic carbocycles. The number of aromatic amines is 1. The number of hydrogen-bond acceptors (Lipinski definition) is 6. The summed E-state index contributed by atoms with van der Waals surface area (Å²) < 4.78 is 5.86. The van der Waals surface area contributed by atoms with Gasteiger partial charge in [0, 0.05) is 24.4 Å². The summed E-state index contributed by atoms with van der Waals surface area (Å²) in [6, 6.07) is 14.4. The fraction of sp³-hybridized carbons (Fsp3) is 0.370. The van der Waals surface area contributed by atoms with Crippen LogP contribution in [0.4, 0.5) is 5.82 Å². The molecule has 2 aliphatic rings. The zero-order valence-electron chi connectivity index (χ0n) is 19.7. The van der Waals surface area contributed by atoms with Gasteiger partial charge >= 0.3 is 0 Å². The van der Waals surface area contributed by atoms with Crippen molar-refractivity contribution in [1.29, 1.82) is 0 Å². The normalized spacial score (nSPS) is 19.6. The highest BCUT2D eigenvalue weighted by molar-refractivity contribution is 7.99. The minimum Gasteiger partial charge on any atom is -0.378 e. The van der Waals surface area contributed by atoms with E-state index < -0.39 is 0 Å². The molecule has 35 heavy (non-hydrogen) atoms. The van der Waals surface area contributed by atoms with E-state index in [1.54, 1.807) is 0 Å². The van der Waals surface area contributed by atoms with E-state index in [0.29, 0.717) is 16.5 Å². The van der Waals surface area contributed by atoms with Gasteiger partial charge < -0.3 is 14.6 Å². The summed E-state index contributed by atoms with van der Waals surface area (Å²) in [7, 11) is 0. The van der Waals surface area contributed by atoms with Gasteiger partial charge in [-0.25, -0.2) is 15.0 Å². The molecule has 2 aromatic carbocycles. The van der Waals surface area contributed by atoms with Crippen molar-refractivity contribution < 1.29 is 4.74 Å². The van der Waals surface area contributed by atoms with E-state index in [1.165, 1.54) is 23.7 Å². The molecule has 2 aliphatic heterocycles. The number of aromatic nitrogens is 4. The zero-order valence-corrected chi connectivity index (χ0v) is 21.3. The number of nitrogens with one attached hydrogen (secondary N) is 1. The summed E-state index contributed by atoms with van der Waals surface area (Å²) in [4.78, 5) is 20.8. The van der Waals surface area contributed by atoms with Gasteiger partial charge in [-0.1, -0.05) is 53.7 Å². The Balaban J connectivity index is 1.13. The van der Waals surface area contributed by atoms with Crippen LogP contribution in [0.2, 0.25) is 5.02 Å². The van der Waals surface area contributed by atoms with Crippen LogP contribution >= 0.6 is 23.4 Å². The Hall–Kier alpha value is -2.61. The monoisotopic (exact) mass is 505 g/mol. The van der Waals surface area contributed by atoms with Crippen LogP contribution in [0.15, 0.2) is 64.8 Å². The summed E-state index contributed by atoms with van der Waals surface area (Å²) in [6.45, 7) is 5.09. The van der Waals surface area contributed by atoms with Crippen LogP contribution in [0.5, 0.6) is 0 Å². The van der Waals surface area contributed by atoms with E-state index in [4.69, 9.17) is 26.3 Å². The lowest BCUT2D eigenvalue weighted by atomic mass is 9.77. The van der Waals surface area contributed by atoms with Crippen molar-refractivity contribution in [3.63, 3.8) is 0 Å². The lowest BCUT2D eigenvalue weighted by Gasteiger charge is -2.38. The average molecular weight is 506 g/mol. The molecule has 180 valence electrons. The van der Waals surface area contributed by atoms with Crippen molar-refractivity contribution in [2.24, 2.45) is 5.41 Å². The fourth-order valence-corrected chi connectivity index (χ4v) is 6.35. The molecule has 8 heteroatoms. The second-order valence-electron chi connectivity index (χ2n) is 9.75. The third-order valence-corrected chi connectivity index (χ3v) is 8.67. The van der Waals surface area contributed by atoms with Crippen LogP contribution in [0.1, 0.15) is 37.6 Å². The van der Waals surface area contributed by atoms with E-state index in [-0.39, 0.29) is 0 Å². The molecule has 0 unspecified atom stereocenters. The average Bonchev–Trinajstić information content (AvgIpc) is 3.46. The van der Waals surface area contributed by atoms with Gasteiger partial charge in [0.2, 0.25) is 0 Å². The Labute approximate surface area is 214 Å². The number of halogens is 1. The molecule has 4 aromatic rings. The van der Waals surface area contributed by atoms with Crippen molar-refractivity contribution in [3.05, 3.63) is 71.3 Å². The molecule has 2 fully saturated rings. The highest BCUT2D eigenvalue weighted by Gasteiger charge is 2.41. The molecule has 2 aromatic heterocycles. The Bertz CT molecular complexity index is 1320. The van der Waals surface area contributed by atoms with Crippen LogP contribution in [0.25, 0.3) is 11.0 Å². The van der Waals surface area contributed by atoms with Gasteiger partial charge in [-0.3, -0.25) is 0 Å². The smallest absolute Gasteiger partial charge is 0.147 e. The number of anilines is 1. The highest BCUT2D eigenvalue weighted by atomic mass is 35.5. The maximum Gasteiger partial charge on any atom is 0.147 e. The quantitative estimate of drug-likeness (QED) is 0.351. The summed E-state index contributed by atoms with van der Waals surface area (Å²) >= 11 is 8.28. The molecule has 4 heterocycles. The molecule has 0 bridgehead atoms. The maximum atomic E-state index is 6.76. The number of imidazole rings is 1. The molecule has 1 N–H and O–H groups in total. The number of piperidine rings is 1. The minimum absolute atomic E-state index is 0.363. The van der Waals surface area contributed by atoms with E-state index in [9.17, 15) is 0 Å². The number of rotatable bonds is 5. The minimum atomic E-state index is 0.363. The Kier molecular flexibility index (Phi) is 6.16. The summed E-state index contributed by atoms with van der Waals surface area (Å²) in [5.74, 6) is 1.84. The first-order valence-electron chi connectivity index (χ1n) is 12.1. The SMILES string of the molecule is C[C@H]1CC2(CCN(c3cnc(Sc4ccc5[nH]c(Cc6ccccc6)nc5c4Cl)cn3)CC2)CO1. The first-order valence-corrected chi connectivity index (χ1v) is 13.3. The van der Waals surface area contributed by atoms with Gasteiger partial charge in [-0.05, 0) is 49.3 Å².